The molecule has 1 atom stereocenters. The molecule has 74 valence electrons. The molecule has 0 aromatic carbocycles. The summed E-state index contributed by atoms with van der Waals surface area (Å²) in [5, 5.41) is 0. The molecule has 3 N–H and O–H groups in total. The van der Waals surface area contributed by atoms with Gasteiger partial charge in [-0.15, -0.1) is 11.3 Å². The normalized spacial score (nSPS) is 13.1. The van der Waals surface area contributed by atoms with Crippen molar-refractivity contribution < 1.29 is 0 Å². The van der Waals surface area contributed by atoms with Gasteiger partial charge in [0, 0.05) is 4.88 Å². The minimum Gasteiger partial charge on any atom is -0.335 e. The Bertz CT molecular complexity index is 399. The maximum Gasteiger partial charge on any atom is 0.129 e. The third-order valence-corrected chi connectivity index (χ3v) is 3.48. The molecule has 2 aromatic heterocycles. The van der Waals surface area contributed by atoms with E-state index >= 15 is 0 Å². The predicted octanol–water partition coefficient (Wildman–Crippen LogP) is 2.94. The number of imidazole rings is 1. The monoisotopic (exact) mass is 291 g/mol. The molecule has 2 heterocycles. The first-order valence-corrected chi connectivity index (χ1v) is 5.87. The molecule has 0 fully saturated rings. The summed E-state index contributed by atoms with van der Waals surface area (Å²) in [7, 11) is 0. The van der Waals surface area contributed by atoms with Gasteiger partial charge in [0.15, 0.2) is 0 Å². The molecule has 6 heteroatoms. The first-order chi connectivity index (χ1) is 6.66. The van der Waals surface area contributed by atoms with E-state index in [2.05, 4.69) is 25.9 Å². The van der Waals surface area contributed by atoms with Crippen molar-refractivity contribution in [3.8, 4) is 0 Å². The minimum absolute atomic E-state index is 0.237. The Hall–Kier alpha value is -0.360. The average Bonchev–Trinajstić information content (AvgIpc) is 2.73. The summed E-state index contributed by atoms with van der Waals surface area (Å²) in [5.74, 6) is 0.732. The molecule has 0 aliphatic heterocycles. The van der Waals surface area contributed by atoms with Crippen molar-refractivity contribution in [1.82, 2.24) is 9.97 Å². The van der Waals surface area contributed by atoms with Crippen LogP contribution in [0.5, 0.6) is 0 Å². The molecule has 0 spiro atoms. The molecular weight excluding hydrogens is 286 g/mol. The number of aromatic amines is 1. The summed E-state index contributed by atoms with van der Waals surface area (Å²) in [6.07, 6.45) is 1.68. The van der Waals surface area contributed by atoms with Gasteiger partial charge in [0.25, 0.3) is 0 Å². The van der Waals surface area contributed by atoms with E-state index in [1.54, 1.807) is 6.20 Å². The lowest BCUT2D eigenvalue weighted by atomic mass is 10.2. The standard InChI is InChI=1S/C8H7BrClN3S/c9-5-3-12-8(13-5)7(11)4-1-2-6(10)14-4/h1-3,7H,11H2,(H,12,13). The fourth-order valence-electron chi connectivity index (χ4n) is 1.10. The highest BCUT2D eigenvalue weighted by Gasteiger charge is 2.13. The summed E-state index contributed by atoms with van der Waals surface area (Å²) >= 11 is 10.6. The van der Waals surface area contributed by atoms with E-state index in [0.717, 1.165) is 19.6 Å². The van der Waals surface area contributed by atoms with E-state index in [4.69, 9.17) is 17.3 Å². The lowest BCUT2D eigenvalue weighted by molar-refractivity contribution is 0.815. The Balaban J connectivity index is 2.28. The highest BCUT2D eigenvalue weighted by Crippen LogP contribution is 2.28. The van der Waals surface area contributed by atoms with Gasteiger partial charge in [-0.25, -0.2) is 4.98 Å². The molecule has 0 amide bonds. The summed E-state index contributed by atoms with van der Waals surface area (Å²) in [6, 6.07) is 3.51. The molecule has 0 aliphatic carbocycles. The summed E-state index contributed by atoms with van der Waals surface area (Å²) in [4.78, 5) is 8.16. The largest absolute Gasteiger partial charge is 0.335 e. The van der Waals surface area contributed by atoms with Crippen molar-refractivity contribution in [2.24, 2.45) is 5.73 Å². The van der Waals surface area contributed by atoms with E-state index in [0.29, 0.717) is 0 Å². The number of aromatic nitrogens is 2. The zero-order valence-corrected chi connectivity index (χ0v) is 10.2. The van der Waals surface area contributed by atoms with Crippen LogP contribution in [-0.4, -0.2) is 9.97 Å². The van der Waals surface area contributed by atoms with Gasteiger partial charge < -0.3 is 10.7 Å². The van der Waals surface area contributed by atoms with E-state index in [9.17, 15) is 0 Å². The molecule has 2 aromatic rings. The second-order valence-electron chi connectivity index (χ2n) is 2.74. The first kappa shape index (κ1) is 10.2. The number of hydrogen-bond donors (Lipinski definition) is 2. The Morgan fingerprint density at radius 3 is 2.86 bits per heavy atom. The number of halogens is 2. The Labute approximate surface area is 98.4 Å². The lowest BCUT2D eigenvalue weighted by Crippen LogP contribution is -2.11. The average molecular weight is 293 g/mol. The van der Waals surface area contributed by atoms with Crippen LogP contribution in [0, 0.1) is 0 Å². The van der Waals surface area contributed by atoms with Gasteiger partial charge in [-0.1, -0.05) is 11.6 Å². The molecule has 0 radical (unpaired) electrons. The highest BCUT2D eigenvalue weighted by molar-refractivity contribution is 9.10. The smallest absolute Gasteiger partial charge is 0.129 e. The molecule has 2 rings (SSSR count). The molecule has 14 heavy (non-hydrogen) atoms. The quantitative estimate of drug-likeness (QED) is 0.894. The topological polar surface area (TPSA) is 54.7 Å². The minimum atomic E-state index is -0.237. The number of nitrogens with two attached hydrogens (primary N) is 1. The SMILES string of the molecule is NC(c1ncc(Br)[nH]1)c1ccc(Cl)s1. The van der Waals surface area contributed by atoms with Crippen LogP contribution in [0.4, 0.5) is 0 Å². The highest BCUT2D eigenvalue weighted by atomic mass is 79.9. The number of rotatable bonds is 2. The van der Waals surface area contributed by atoms with Crippen LogP contribution in [0.3, 0.4) is 0 Å². The van der Waals surface area contributed by atoms with Crippen molar-refractivity contribution in [1.29, 1.82) is 0 Å². The Kier molecular flexibility index (Phi) is 2.92. The van der Waals surface area contributed by atoms with E-state index in [1.807, 2.05) is 12.1 Å². The Morgan fingerprint density at radius 1 is 1.57 bits per heavy atom. The van der Waals surface area contributed by atoms with Crippen LogP contribution in [0.2, 0.25) is 4.34 Å². The lowest BCUT2D eigenvalue weighted by Gasteiger charge is -2.04. The van der Waals surface area contributed by atoms with Gasteiger partial charge in [0.2, 0.25) is 0 Å². The van der Waals surface area contributed by atoms with Crippen LogP contribution in [-0.2, 0) is 0 Å². The van der Waals surface area contributed by atoms with Gasteiger partial charge >= 0.3 is 0 Å². The number of thiophene rings is 1. The van der Waals surface area contributed by atoms with Crippen molar-refractivity contribution in [3.05, 3.63) is 38.0 Å². The van der Waals surface area contributed by atoms with Gasteiger partial charge in [0.1, 0.15) is 10.4 Å². The van der Waals surface area contributed by atoms with Crippen molar-refractivity contribution in [2.45, 2.75) is 6.04 Å². The zero-order chi connectivity index (χ0) is 10.1. The second-order valence-corrected chi connectivity index (χ2v) is 5.34. The van der Waals surface area contributed by atoms with Crippen molar-refractivity contribution in [2.75, 3.05) is 0 Å². The molecule has 0 saturated heterocycles. The van der Waals surface area contributed by atoms with E-state index in [1.165, 1.54) is 11.3 Å². The number of nitrogens with zero attached hydrogens (tertiary/aromatic N) is 1. The molecule has 0 bridgehead atoms. The predicted molar refractivity (Wildman–Crippen MR) is 61.6 cm³/mol. The van der Waals surface area contributed by atoms with Crippen LogP contribution in [0.15, 0.2) is 22.9 Å². The first-order valence-electron chi connectivity index (χ1n) is 3.88. The van der Waals surface area contributed by atoms with Gasteiger partial charge in [0.05, 0.1) is 16.6 Å². The third kappa shape index (κ3) is 2.00. The van der Waals surface area contributed by atoms with Crippen molar-refractivity contribution in [3.63, 3.8) is 0 Å². The van der Waals surface area contributed by atoms with Crippen LogP contribution < -0.4 is 5.73 Å². The number of hydrogen-bond acceptors (Lipinski definition) is 3. The fourth-order valence-corrected chi connectivity index (χ4v) is 2.47. The van der Waals surface area contributed by atoms with Gasteiger partial charge in [-0.05, 0) is 28.1 Å². The van der Waals surface area contributed by atoms with E-state index < -0.39 is 0 Å². The fraction of sp³-hybridized carbons (Fsp3) is 0.125. The Morgan fingerprint density at radius 2 is 2.36 bits per heavy atom. The van der Waals surface area contributed by atoms with E-state index in [-0.39, 0.29) is 6.04 Å². The molecule has 1 unspecified atom stereocenters. The maximum absolute atomic E-state index is 5.98. The number of H-pyrrole nitrogens is 1. The summed E-state index contributed by atoms with van der Waals surface area (Å²) < 4.78 is 1.56. The van der Waals surface area contributed by atoms with Crippen molar-refractivity contribution >= 4 is 38.9 Å². The number of nitrogens with one attached hydrogen (secondary N) is 1. The summed E-state index contributed by atoms with van der Waals surface area (Å²) in [6.45, 7) is 0. The second kappa shape index (κ2) is 4.02. The summed E-state index contributed by atoms with van der Waals surface area (Å²) in [5.41, 5.74) is 5.98. The van der Waals surface area contributed by atoms with Gasteiger partial charge in [-0.2, -0.15) is 0 Å². The molecule has 0 aliphatic rings. The maximum atomic E-state index is 5.98. The third-order valence-electron chi connectivity index (χ3n) is 1.76. The zero-order valence-electron chi connectivity index (χ0n) is 7.00. The molecular formula is C8H7BrClN3S. The molecule has 0 saturated carbocycles. The molecule has 3 nitrogen and oxygen atoms in total. The van der Waals surface area contributed by atoms with Crippen LogP contribution in [0.25, 0.3) is 0 Å². The van der Waals surface area contributed by atoms with Gasteiger partial charge in [-0.3, -0.25) is 0 Å². The van der Waals surface area contributed by atoms with Crippen LogP contribution >= 0.6 is 38.9 Å². The van der Waals surface area contributed by atoms with Crippen LogP contribution in [0.1, 0.15) is 16.7 Å².